The van der Waals surface area contributed by atoms with E-state index in [-0.39, 0.29) is 0 Å². The molecule has 1 saturated heterocycles. The molecule has 2 aliphatic rings. The van der Waals surface area contributed by atoms with Crippen LogP contribution in [-0.2, 0) is 6.54 Å². The van der Waals surface area contributed by atoms with Crippen LogP contribution in [0.3, 0.4) is 0 Å². The molecule has 0 aliphatic carbocycles. The zero-order valence-corrected chi connectivity index (χ0v) is 20.1. The van der Waals surface area contributed by atoms with E-state index < -0.39 is 0 Å². The van der Waals surface area contributed by atoms with Gasteiger partial charge in [-0.25, -0.2) is 0 Å². The van der Waals surface area contributed by atoms with Gasteiger partial charge < -0.3 is 16.4 Å². The van der Waals surface area contributed by atoms with Gasteiger partial charge in [0.15, 0.2) is 0 Å². The maximum atomic E-state index is 5.77. The Hall–Kier alpha value is -3.24. The van der Waals surface area contributed by atoms with Crippen LogP contribution in [-0.4, -0.2) is 24.2 Å². The summed E-state index contributed by atoms with van der Waals surface area (Å²) in [5.41, 5.74) is 18.9. The van der Waals surface area contributed by atoms with Crippen molar-refractivity contribution in [1.29, 1.82) is 0 Å². The standard InChI is InChI=1S/C19H24N2.C10H10N2/c1-12-5-7-18-17(14(12)3)8-6-16-10-20-11-21(19(16)18)9-13(2)15(20)4;11-9-5-1-3-7-8(9)4-2-6-10(7)12/h5-8,13,15H,9-11H2,1-4H3;1-6H,11-12H2. The number of nitrogens with zero attached hydrogens (tertiary/aromatic N) is 2. The summed E-state index contributed by atoms with van der Waals surface area (Å²) in [6.45, 7) is 12.6. The molecule has 2 heterocycles. The Bertz CT molecular complexity index is 1300. The molecule has 4 heteroatoms. The number of nitrogens with two attached hydrogens (primary N) is 2. The number of rotatable bonds is 0. The van der Waals surface area contributed by atoms with Crippen LogP contribution in [0.25, 0.3) is 21.5 Å². The SMILES string of the molecule is Cc1ccc2c3c(ccc2c1C)CN1CN3CC(C)C1C.Nc1cccc2c(N)cccc12. The van der Waals surface area contributed by atoms with Gasteiger partial charge in [0.1, 0.15) is 0 Å². The Morgan fingerprint density at radius 3 is 2.06 bits per heavy atom. The molecule has 0 amide bonds. The number of anilines is 3. The molecule has 4 nitrogen and oxygen atoms in total. The number of fused-ring (bicyclic) bond motifs is 7. The van der Waals surface area contributed by atoms with Gasteiger partial charge in [0, 0.05) is 46.7 Å². The van der Waals surface area contributed by atoms with E-state index in [2.05, 4.69) is 61.8 Å². The van der Waals surface area contributed by atoms with Crippen molar-refractivity contribution >= 4 is 38.6 Å². The summed E-state index contributed by atoms with van der Waals surface area (Å²) >= 11 is 0. The third kappa shape index (κ3) is 3.68. The second kappa shape index (κ2) is 8.27. The Labute approximate surface area is 196 Å². The average Bonchev–Trinajstić information content (AvgIpc) is 2.81. The van der Waals surface area contributed by atoms with Crippen LogP contribution < -0.4 is 16.4 Å². The molecule has 2 bridgehead atoms. The topological polar surface area (TPSA) is 58.5 Å². The van der Waals surface area contributed by atoms with Crippen LogP contribution in [0.15, 0.2) is 60.7 Å². The van der Waals surface area contributed by atoms with Crippen LogP contribution in [0.4, 0.5) is 17.1 Å². The van der Waals surface area contributed by atoms with Crippen LogP contribution in [0.5, 0.6) is 0 Å². The third-order valence-electron chi connectivity index (χ3n) is 7.74. The number of aryl methyl sites for hydroxylation is 2. The minimum Gasteiger partial charge on any atom is -0.398 e. The summed E-state index contributed by atoms with van der Waals surface area (Å²) in [5, 5.41) is 4.92. The highest BCUT2D eigenvalue weighted by molar-refractivity contribution is 6.00. The van der Waals surface area contributed by atoms with Crippen LogP contribution in [0.1, 0.15) is 30.5 Å². The van der Waals surface area contributed by atoms with Crippen LogP contribution in [0, 0.1) is 19.8 Å². The van der Waals surface area contributed by atoms with E-state index in [1.807, 2.05) is 36.4 Å². The summed E-state index contributed by atoms with van der Waals surface area (Å²) in [6, 6.07) is 21.5. The molecule has 3 unspecified atom stereocenters. The molecule has 2 aliphatic heterocycles. The number of benzene rings is 4. The fourth-order valence-corrected chi connectivity index (χ4v) is 5.39. The molecule has 1 fully saturated rings. The summed E-state index contributed by atoms with van der Waals surface area (Å²) in [4.78, 5) is 5.21. The molecule has 0 aromatic heterocycles. The zero-order valence-electron chi connectivity index (χ0n) is 20.1. The lowest BCUT2D eigenvalue weighted by Gasteiger charge is -2.49. The number of hydrogen-bond acceptors (Lipinski definition) is 4. The summed E-state index contributed by atoms with van der Waals surface area (Å²) in [5.74, 6) is 0.730. The molecule has 6 rings (SSSR count). The Morgan fingerprint density at radius 2 is 1.39 bits per heavy atom. The van der Waals surface area contributed by atoms with Crippen molar-refractivity contribution in [3.05, 3.63) is 77.4 Å². The van der Waals surface area contributed by atoms with Crippen molar-refractivity contribution in [2.24, 2.45) is 5.92 Å². The second-order valence-corrected chi connectivity index (χ2v) is 9.79. The van der Waals surface area contributed by atoms with Gasteiger partial charge in [-0.15, -0.1) is 0 Å². The minimum atomic E-state index is 0.685. The molecular weight excluding hydrogens is 404 g/mol. The Morgan fingerprint density at radius 1 is 0.758 bits per heavy atom. The lowest BCUT2D eigenvalue weighted by Crippen LogP contribution is -2.56. The van der Waals surface area contributed by atoms with E-state index >= 15 is 0 Å². The van der Waals surface area contributed by atoms with Crippen molar-refractivity contribution in [3.63, 3.8) is 0 Å². The molecule has 33 heavy (non-hydrogen) atoms. The lowest BCUT2D eigenvalue weighted by atomic mass is 9.91. The first-order valence-electron chi connectivity index (χ1n) is 11.9. The summed E-state index contributed by atoms with van der Waals surface area (Å²) in [7, 11) is 0. The minimum absolute atomic E-state index is 0.685. The Kier molecular flexibility index (Phi) is 5.41. The van der Waals surface area contributed by atoms with Crippen molar-refractivity contribution in [2.45, 2.75) is 40.3 Å². The highest BCUT2D eigenvalue weighted by Crippen LogP contribution is 2.40. The largest absolute Gasteiger partial charge is 0.398 e. The predicted octanol–water partition coefficient (Wildman–Crippen LogP) is 6.08. The van der Waals surface area contributed by atoms with Gasteiger partial charge in [0.05, 0.1) is 12.4 Å². The maximum absolute atomic E-state index is 5.77. The third-order valence-corrected chi connectivity index (χ3v) is 7.74. The van der Waals surface area contributed by atoms with Gasteiger partial charge >= 0.3 is 0 Å². The van der Waals surface area contributed by atoms with Gasteiger partial charge in [-0.3, -0.25) is 4.90 Å². The molecule has 3 atom stereocenters. The maximum Gasteiger partial charge on any atom is 0.0712 e. The molecule has 4 aromatic rings. The van der Waals surface area contributed by atoms with Gasteiger partial charge in [-0.1, -0.05) is 55.5 Å². The van der Waals surface area contributed by atoms with Gasteiger partial charge in [0.2, 0.25) is 0 Å². The molecule has 0 saturated carbocycles. The van der Waals surface area contributed by atoms with Crippen molar-refractivity contribution < 1.29 is 0 Å². The van der Waals surface area contributed by atoms with Crippen LogP contribution >= 0.6 is 0 Å². The molecule has 4 aromatic carbocycles. The molecule has 0 spiro atoms. The quantitative estimate of drug-likeness (QED) is 0.327. The van der Waals surface area contributed by atoms with E-state index in [4.69, 9.17) is 11.5 Å². The van der Waals surface area contributed by atoms with E-state index in [1.54, 1.807) is 0 Å². The summed E-state index contributed by atoms with van der Waals surface area (Å²) in [6.07, 6.45) is 0. The first-order valence-corrected chi connectivity index (χ1v) is 11.9. The van der Waals surface area contributed by atoms with E-state index in [0.717, 1.165) is 41.3 Å². The van der Waals surface area contributed by atoms with Gasteiger partial charge in [0.25, 0.3) is 0 Å². The highest BCUT2D eigenvalue weighted by atomic mass is 15.4. The molecule has 170 valence electrons. The highest BCUT2D eigenvalue weighted by Gasteiger charge is 2.35. The molecule has 4 N–H and O–H groups in total. The first-order chi connectivity index (χ1) is 15.8. The predicted molar refractivity (Wildman–Crippen MR) is 143 cm³/mol. The normalized spacial score (nSPS) is 21.5. The summed E-state index contributed by atoms with van der Waals surface area (Å²) < 4.78 is 0. The van der Waals surface area contributed by atoms with Gasteiger partial charge in [-0.2, -0.15) is 0 Å². The van der Waals surface area contributed by atoms with E-state index in [9.17, 15) is 0 Å². The van der Waals surface area contributed by atoms with Crippen LogP contribution in [0.2, 0.25) is 0 Å². The van der Waals surface area contributed by atoms with Gasteiger partial charge in [-0.05, 0) is 60.9 Å². The average molecular weight is 439 g/mol. The first kappa shape index (κ1) is 21.6. The second-order valence-electron chi connectivity index (χ2n) is 9.79. The van der Waals surface area contributed by atoms with Crippen molar-refractivity contribution in [2.75, 3.05) is 29.6 Å². The molecular formula is C29H34N4. The Balaban J connectivity index is 0.000000162. The fourth-order valence-electron chi connectivity index (χ4n) is 5.39. The van der Waals surface area contributed by atoms with E-state index in [1.165, 1.54) is 39.7 Å². The smallest absolute Gasteiger partial charge is 0.0712 e. The number of nitrogen functional groups attached to an aromatic ring is 2. The lowest BCUT2D eigenvalue weighted by molar-refractivity contribution is 0.112. The van der Waals surface area contributed by atoms with Crippen molar-refractivity contribution in [3.8, 4) is 0 Å². The zero-order chi connectivity index (χ0) is 23.3. The van der Waals surface area contributed by atoms with Crippen molar-refractivity contribution in [1.82, 2.24) is 4.90 Å². The van der Waals surface area contributed by atoms with E-state index in [0.29, 0.717) is 6.04 Å². The monoisotopic (exact) mass is 438 g/mol. The number of hydrogen-bond donors (Lipinski definition) is 2. The fraction of sp³-hybridized carbons (Fsp3) is 0.310. The molecule has 0 radical (unpaired) electrons.